The van der Waals surface area contributed by atoms with E-state index in [0.717, 1.165) is 0 Å². The van der Waals surface area contributed by atoms with Crippen LogP contribution in [-0.4, -0.2) is 36.5 Å². The second-order valence-corrected chi connectivity index (χ2v) is 4.52. The van der Waals surface area contributed by atoms with Crippen molar-refractivity contribution < 1.29 is 14.5 Å². The van der Waals surface area contributed by atoms with E-state index < -0.39 is 4.92 Å². The highest BCUT2D eigenvalue weighted by Gasteiger charge is 2.11. The van der Waals surface area contributed by atoms with E-state index in [4.69, 9.17) is 16.3 Å². The summed E-state index contributed by atoms with van der Waals surface area (Å²) in [6.45, 7) is 0.799. The van der Waals surface area contributed by atoms with Crippen molar-refractivity contribution in [2.75, 3.05) is 20.3 Å². The number of carbonyl (C=O) groups is 1. The number of nitro benzene ring substituents is 1. The minimum atomic E-state index is -0.538. The average molecular weight is 287 g/mol. The van der Waals surface area contributed by atoms with Gasteiger partial charge in [-0.05, 0) is 12.5 Å². The number of hydrogen-bond acceptors (Lipinski definition) is 4. The molecule has 1 atom stereocenters. The van der Waals surface area contributed by atoms with Crippen LogP contribution in [0.3, 0.4) is 0 Å². The molecule has 0 aromatic heterocycles. The van der Waals surface area contributed by atoms with E-state index in [0.29, 0.717) is 19.6 Å². The molecule has 1 aromatic carbocycles. The maximum Gasteiger partial charge on any atom is 0.270 e. The van der Waals surface area contributed by atoms with Crippen molar-refractivity contribution in [2.24, 2.45) is 0 Å². The van der Waals surface area contributed by atoms with Crippen molar-refractivity contribution in [3.05, 3.63) is 39.9 Å². The van der Waals surface area contributed by atoms with Crippen LogP contribution in [0.5, 0.6) is 0 Å². The molecule has 0 radical (unpaired) electrons. The summed E-state index contributed by atoms with van der Waals surface area (Å²) in [6, 6.07) is 5.57. The molecule has 0 saturated carbocycles. The summed E-state index contributed by atoms with van der Waals surface area (Å²) < 4.78 is 4.87. The molecule has 1 unspecified atom stereocenters. The van der Waals surface area contributed by atoms with Crippen LogP contribution in [0.25, 0.3) is 0 Å². The number of nitrogens with zero attached hydrogens (tertiary/aromatic N) is 1. The molecule has 0 heterocycles. The summed E-state index contributed by atoms with van der Waals surface area (Å²) >= 11 is 5.91. The van der Waals surface area contributed by atoms with Crippen LogP contribution >= 0.6 is 11.6 Å². The second kappa shape index (κ2) is 7.70. The highest BCUT2D eigenvalue weighted by Crippen LogP contribution is 2.12. The third kappa shape index (κ3) is 5.23. The maximum atomic E-state index is 11.8. The van der Waals surface area contributed by atoms with Crippen molar-refractivity contribution >= 4 is 23.2 Å². The third-order valence-electron chi connectivity index (χ3n) is 2.41. The first kappa shape index (κ1) is 15.4. The van der Waals surface area contributed by atoms with Gasteiger partial charge in [0.1, 0.15) is 0 Å². The number of carbonyl (C=O) groups excluding carboxylic acids is 1. The molecule has 6 nitrogen and oxygen atoms in total. The topological polar surface area (TPSA) is 81.5 Å². The predicted octanol–water partition coefficient (Wildman–Crippen LogP) is 1.97. The number of hydrogen-bond donors (Lipinski definition) is 1. The number of benzene rings is 1. The number of ether oxygens (including phenoxy) is 1. The first-order chi connectivity index (χ1) is 9.04. The summed E-state index contributed by atoms with van der Waals surface area (Å²) in [5, 5.41) is 13.1. The molecule has 0 aliphatic carbocycles. The lowest BCUT2D eigenvalue weighted by molar-refractivity contribution is -0.384. The standard InChI is InChI=1S/C12H15ClN2O4/c1-19-8-10(13)5-6-14-12(16)9-3-2-4-11(7-9)15(17)18/h2-4,7,10H,5-6,8H2,1H3,(H,14,16). The summed E-state index contributed by atoms with van der Waals surface area (Å²) in [6.07, 6.45) is 0.566. The molecular formula is C12H15ClN2O4. The molecule has 0 spiro atoms. The van der Waals surface area contributed by atoms with Gasteiger partial charge in [-0.15, -0.1) is 11.6 Å². The lowest BCUT2D eigenvalue weighted by Gasteiger charge is -2.09. The monoisotopic (exact) mass is 286 g/mol. The van der Waals surface area contributed by atoms with Gasteiger partial charge in [0.25, 0.3) is 11.6 Å². The Kier molecular flexibility index (Phi) is 6.24. The molecule has 19 heavy (non-hydrogen) atoms. The van der Waals surface area contributed by atoms with E-state index in [1.807, 2.05) is 0 Å². The largest absolute Gasteiger partial charge is 0.383 e. The Morgan fingerprint density at radius 3 is 2.95 bits per heavy atom. The summed E-state index contributed by atoms with van der Waals surface area (Å²) in [5.74, 6) is -0.356. The predicted molar refractivity (Wildman–Crippen MR) is 71.6 cm³/mol. The quantitative estimate of drug-likeness (QED) is 0.472. The SMILES string of the molecule is COCC(Cl)CCNC(=O)c1cccc([N+](=O)[O-])c1. The molecule has 1 rings (SSSR count). The van der Waals surface area contributed by atoms with E-state index in [1.165, 1.54) is 24.3 Å². The lowest BCUT2D eigenvalue weighted by Crippen LogP contribution is -2.27. The van der Waals surface area contributed by atoms with Crippen molar-refractivity contribution in [1.82, 2.24) is 5.32 Å². The summed E-state index contributed by atoms with van der Waals surface area (Å²) in [5.41, 5.74) is 0.148. The van der Waals surface area contributed by atoms with Crippen LogP contribution in [0, 0.1) is 10.1 Å². The minimum absolute atomic E-state index is 0.109. The molecule has 0 saturated heterocycles. The lowest BCUT2D eigenvalue weighted by atomic mass is 10.2. The number of methoxy groups -OCH3 is 1. The highest BCUT2D eigenvalue weighted by molar-refractivity contribution is 6.20. The van der Waals surface area contributed by atoms with Crippen LogP contribution in [0.15, 0.2) is 24.3 Å². The van der Waals surface area contributed by atoms with Gasteiger partial charge < -0.3 is 10.1 Å². The number of amides is 1. The molecule has 1 amide bonds. The van der Waals surface area contributed by atoms with Gasteiger partial charge in [0.05, 0.1) is 16.9 Å². The normalized spacial score (nSPS) is 11.9. The molecule has 0 aliphatic rings. The van der Waals surface area contributed by atoms with Crippen LogP contribution in [0.2, 0.25) is 0 Å². The molecule has 1 N–H and O–H groups in total. The number of nitrogens with one attached hydrogen (secondary N) is 1. The summed E-state index contributed by atoms with van der Waals surface area (Å²) in [7, 11) is 1.55. The van der Waals surface area contributed by atoms with E-state index in [1.54, 1.807) is 7.11 Å². The third-order valence-corrected chi connectivity index (χ3v) is 2.75. The number of alkyl halides is 1. The Bertz CT molecular complexity index is 453. The van der Waals surface area contributed by atoms with Gasteiger partial charge in [-0.3, -0.25) is 14.9 Å². The zero-order chi connectivity index (χ0) is 14.3. The fraction of sp³-hybridized carbons (Fsp3) is 0.417. The molecule has 104 valence electrons. The second-order valence-electron chi connectivity index (χ2n) is 3.90. The van der Waals surface area contributed by atoms with Crippen LogP contribution < -0.4 is 5.32 Å². The number of rotatable bonds is 7. The van der Waals surface area contributed by atoms with Crippen LogP contribution in [0.1, 0.15) is 16.8 Å². The zero-order valence-electron chi connectivity index (χ0n) is 10.5. The van der Waals surface area contributed by atoms with Crippen molar-refractivity contribution in [1.29, 1.82) is 0 Å². The minimum Gasteiger partial charge on any atom is -0.383 e. The fourth-order valence-electron chi connectivity index (χ4n) is 1.47. The van der Waals surface area contributed by atoms with Gasteiger partial charge in [0.2, 0.25) is 0 Å². The summed E-state index contributed by atoms with van der Waals surface area (Å²) in [4.78, 5) is 21.8. The first-order valence-electron chi connectivity index (χ1n) is 5.70. The van der Waals surface area contributed by atoms with Crippen molar-refractivity contribution in [3.8, 4) is 0 Å². The molecule has 0 bridgehead atoms. The van der Waals surface area contributed by atoms with E-state index in [-0.39, 0.29) is 22.5 Å². The van der Waals surface area contributed by atoms with E-state index in [2.05, 4.69) is 5.32 Å². The van der Waals surface area contributed by atoms with Crippen LogP contribution in [-0.2, 0) is 4.74 Å². The van der Waals surface area contributed by atoms with E-state index in [9.17, 15) is 14.9 Å². The first-order valence-corrected chi connectivity index (χ1v) is 6.14. The molecule has 0 aliphatic heterocycles. The van der Waals surface area contributed by atoms with Gasteiger partial charge in [0.15, 0.2) is 0 Å². The Balaban J connectivity index is 2.49. The average Bonchev–Trinajstić information content (AvgIpc) is 2.39. The zero-order valence-corrected chi connectivity index (χ0v) is 11.2. The van der Waals surface area contributed by atoms with Gasteiger partial charge in [0, 0.05) is 31.4 Å². The van der Waals surface area contributed by atoms with Crippen molar-refractivity contribution in [3.63, 3.8) is 0 Å². The highest BCUT2D eigenvalue weighted by atomic mass is 35.5. The fourth-order valence-corrected chi connectivity index (χ4v) is 1.70. The Labute approximate surface area is 115 Å². The van der Waals surface area contributed by atoms with Gasteiger partial charge >= 0.3 is 0 Å². The Morgan fingerprint density at radius 1 is 1.58 bits per heavy atom. The Morgan fingerprint density at radius 2 is 2.32 bits per heavy atom. The molecule has 0 fully saturated rings. The Hall–Kier alpha value is -1.66. The molecule has 1 aromatic rings. The number of non-ortho nitro benzene ring substituents is 1. The smallest absolute Gasteiger partial charge is 0.270 e. The molecular weight excluding hydrogens is 272 g/mol. The van der Waals surface area contributed by atoms with Gasteiger partial charge in [-0.25, -0.2) is 0 Å². The van der Waals surface area contributed by atoms with Crippen molar-refractivity contribution in [2.45, 2.75) is 11.8 Å². The molecule has 7 heteroatoms. The maximum absolute atomic E-state index is 11.8. The number of halogens is 1. The van der Waals surface area contributed by atoms with Gasteiger partial charge in [-0.1, -0.05) is 6.07 Å². The van der Waals surface area contributed by atoms with E-state index >= 15 is 0 Å². The number of nitro groups is 1. The van der Waals surface area contributed by atoms with Gasteiger partial charge in [-0.2, -0.15) is 0 Å². The van der Waals surface area contributed by atoms with Crippen LogP contribution in [0.4, 0.5) is 5.69 Å².